The Kier molecular flexibility index (Phi) is 5.66. The number of hydrogen-bond donors (Lipinski definition) is 2. The maximum atomic E-state index is 11.9. The van der Waals surface area contributed by atoms with Crippen LogP contribution in [0.1, 0.15) is 24.5 Å². The number of aliphatic hydroxyl groups excluding tert-OH is 1. The van der Waals surface area contributed by atoms with Crippen LogP contribution < -0.4 is 5.32 Å². The summed E-state index contributed by atoms with van der Waals surface area (Å²) in [7, 11) is 0. The molecule has 20 heavy (non-hydrogen) atoms. The Balaban J connectivity index is 1.87. The first-order chi connectivity index (χ1) is 9.58. The zero-order valence-electron chi connectivity index (χ0n) is 10.9. The van der Waals surface area contributed by atoms with Crippen molar-refractivity contribution >= 4 is 29.1 Å². The van der Waals surface area contributed by atoms with Gasteiger partial charge in [0, 0.05) is 28.8 Å². The van der Waals surface area contributed by atoms with E-state index in [0.29, 0.717) is 28.8 Å². The van der Waals surface area contributed by atoms with Gasteiger partial charge in [-0.25, -0.2) is 0 Å². The van der Waals surface area contributed by atoms with Gasteiger partial charge in [-0.2, -0.15) is 0 Å². The Morgan fingerprint density at radius 1 is 1.50 bits per heavy atom. The molecule has 4 nitrogen and oxygen atoms in total. The predicted molar refractivity (Wildman–Crippen MR) is 78.0 cm³/mol. The standard InChI is InChI=1S/C14H17Cl2NO3/c15-10-3-4-11(12(16)6-10)13(18)7-17-14(19)9-2-1-5-20-8-9/h3-4,6,9,13,18H,1-2,5,7-8H2,(H,17,19). The first-order valence-corrected chi connectivity index (χ1v) is 7.32. The van der Waals surface area contributed by atoms with E-state index in [1.807, 2.05) is 0 Å². The van der Waals surface area contributed by atoms with E-state index in [2.05, 4.69) is 5.32 Å². The van der Waals surface area contributed by atoms with Gasteiger partial charge in [0.25, 0.3) is 0 Å². The highest BCUT2D eigenvalue weighted by Gasteiger charge is 2.22. The van der Waals surface area contributed by atoms with Crippen LogP contribution in [-0.2, 0) is 9.53 Å². The van der Waals surface area contributed by atoms with E-state index >= 15 is 0 Å². The fourth-order valence-corrected chi connectivity index (χ4v) is 2.71. The van der Waals surface area contributed by atoms with E-state index in [4.69, 9.17) is 27.9 Å². The molecule has 1 fully saturated rings. The van der Waals surface area contributed by atoms with Crippen LogP contribution in [0, 0.1) is 5.92 Å². The van der Waals surface area contributed by atoms with Crippen LogP contribution in [0.3, 0.4) is 0 Å². The number of amides is 1. The lowest BCUT2D eigenvalue weighted by Gasteiger charge is -2.22. The first-order valence-electron chi connectivity index (χ1n) is 6.56. The highest BCUT2D eigenvalue weighted by atomic mass is 35.5. The van der Waals surface area contributed by atoms with Crippen LogP contribution in [0.2, 0.25) is 10.0 Å². The van der Waals surface area contributed by atoms with Crippen molar-refractivity contribution in [3.63, 3.8) is 0 Å². The molecule has 0 bridgehead atoms. The number of nitrogens with one attached hydrogen (secondary N) is 1. The molecule has 1 aliphatic rings. The molecule has 1 aromatic rings. The number of benzene rings is 1. The molecule has 1 aliphatic heterocycles. The van der Waals surface area contributed by atoms with Crippen LogP contribution in [0.5, 0.6) is 0 Å². The SMILES string of the molecule is O=C(NCC(O)c1ccc(Cl)cc1Cl)C1CCCOC1. The van der Waals surface area contributed by atoms with E-state index in [0.717, 1.165) is 12.8 Å². The van der Waals surface area contributed by atoms with Crippen molar-refractivity contribution < 1.29 is 14.6 Å². The van der Waals surface area contributed by atoms with Crippen LogP contribution in [0.15, 0.2) is 18.2 Å². The van der Waals surface area contributed by atoms with Crippen molar-refractivity contribution in [2.24, 2.45) is 5.92 Å². The molecule has 0 aliphatic carbocycles. The lowest BCUT2D eigenvalue weighted by Crippen LogP contribution is -2.37. The van der Waals surface area contributed by atoms with Gasteiger partial charge >= 0.3 is 0 Å². The third-order valence-electron chi connectivity index (χ3n) is 3.32. The summed E-state index contributed by atoms with van der Waals surface area (Å²) in [5.74, 6) is -0.217. The maximum Gasteiger partial charge on any atom is 0.225 e. The summed E-state index contributed by atoms with van der Waals surface area (Å²) in [6.45, 7) is 1.28. The number of aliphatic hydroxyl groups is 1. The van der Waals surface area contributed by atoms with E-state index in [1.165, 1.54) is 0 Å². The van der Waals surface area contributed by atoms with Gasteiger partial charge in [-0.1, -0.05) is 29.3 Å². The summed E-state index contributed by atoms with van der Waals surface area (Å²) in [6, 6.07) is 4.88. The van der Waals surface area contributed by atoms with Gasteiger partial charge in [0.05, 0.1) is 18.6 Å². The van der Waals surface area contributed by atoms with Gasteiger partial charge in [-0.05, 0) is 25.0 Å². The maximum absolute atomic E-state index is 11.9. The molecule has 0 spiro atoms. The normalized spacial score (nSPS) is 20.4. The largest absolute Gasteiger partial charge is 0.387 e. The second-order valence-corrected chi connectivity index (χ2v) is 5.68. The molecule has 1 aromatic carbocycles. The van der Waals surface area contributed by atoms with Gasteiger partial charge in [0.15, 0.2) is 0 Å². The average molecular weight is 318 g/mol. The molecule has 1 saturated heterocycles. The Morgan fingerprint density at radius 3 is 2.95 bits per heavy atom. The topological polar surface area (TPSA) is 58.6 Å². The highest BCUT2D eigenvalue weighted by Crippen LogP contribution is 2.26. The smallest absolute Gasteiger partial charge is 0.225 e. The predicted octanol–water partition coefficient (Wildman–Crippen LogP) is 2.57. The quantitative estimate of drug-likeness (QED) is 0.897. The third kappa shape index (κ3) is 4.09. The fraction of sp³-hybridized carbons (Fsp3) is 0.500. The molecule has 2 N–H and O–H groups in total. The van der Waals surface area contributed by atoms with Crippen LogP contribution >= 0.6 is 23.2 Å². The Labute approximate surface area is 128 Å². The zero-order valence-corrected chi connectivity index (χ0v) is 12.5. The van der Waals surface area contributed by atoms with Crippen molar-refractivity contribution in [3.05, 3.63) is 33.8 Å². The Morgan fingerprint density at radius 2 is 2.30 bits per heavy atom. The molecule has 0 aromatic heterocycles. The molecule has 0 saturated carbocycles. The summed E-state index contributed by atoms with van der Waals surface area (Å²) >= 11 is 11.8. The summed E-state index contributed by atoms with van der Waals surface area (Å²) in [5.41, 5.74) is 0.552. The third-order valence-corrected chi connectivity index (χ3v) is 3.88. The Hall–Kier alpha value is -0.810. The minimum atomic E-state index is -0.853. The van der Waals surface area contributed by atoms with Crippen molar-refractivity contribution in [2.75, 3.05) is 19.8 Å². The van der Waals surface area contributed by atoms with Gasteiger partial charge in [0.2, 0.25) is 5.91 Å². The van der Waals surface area contributed by atoms with Gasteiger partial charge in [-0.3, -0.25) is 4.79 Å². The minimum absolute atomic E-state index is 0.0890. The molecule has 110 valence electrons. The van der Waals surface area contributed by atoms with Crippen molar-refractivity contribution in [2.45, 2.75) is 18.9 Å². The number of halogens is 2. The second kappa shape index (κ2) is 7.27. The van der Waals surface area contributed by atoms with E-state index in [9.17, 15) is 9.90 Å². The van der Waals surface area contributed by atoms with Crippen molar-refractivity contribution in [1.29, 1.82) is 0 Å². The lowest BCUT2D eigenvalue weighted by molar-refractivity contribution is -0.129. The summed E-state index contributed by atoms with van der Waals surface area (Å²) in [4.78, 5) is 11.9. The number of hydrogen-bond acceptors (Lipinski definition) is 3. The van der Waals surface area contributed by atoms with E-state index in [-0.39, 0.29) is 18.4 Å². The number of carbonyl (C=O) groups excluding carboxylic acids is 1. The highest BCUT2D eigenvalue weighted by molar-refractivity contribution is 6.35. The number of ether oxygens (including phenoxy) is 1. The molecular formula is C14H17Cl2NO3. The minimum Gasteiger partial charge on any atom is -0.387 e. The van der Waals surface area contributed by atoms with Crippen LogP contribution in [-0.4, -0.2) is 30.8 Å². The van der Waals surface area contributed by atoms with Crippen LogP contribution in [0.25, 0.3) is 0 Å². The molecule has 2 atom stereocenters. The molecular weight excluding hydrogens is 301 g/mol. The first kappa shape index (κ1) is 15.6. The monoisotopic (exact) mass is 317 g/mol. The molecule has 2 rings (SSSR count). The van der Waals surface area contributed by atoms with Crippen LogP contribution in [0.4, 0.5) is 0 Å². The zero-order chi connectivity index (χ0) is 14.5. The van der Waals surface area contributed by atoms with E-state index in [1.54, 1.807) is 18.2 Å². The average Bonchev–Trinajstić information content (AvgIpc) is 2.45. The van der Waals surface area contributed by atoms with Crippen molar-refractivity contribution in [3.8, 4) is 0 Å². The van der Waals surface area contributed by atoms with Gasteiger partial charge in [-0.15, -0.1) is 0 Å². The molecule has 1 amide bonds. The van der Waals surface area contributed by atoms with Gasteiger partial charge in [0.1, 0.15) is 0 Å². The summed E-state index contributed by atoms with van der Waals surface area (Å²) in [5, 5.41) is 13.7. The lowest BCUT2D eigenvalue weighted by atomic mass is 10.0. The molecule has 0 radical (unpaired) electrons. The summed E-state index contributed by atoms with van der Waals surface area (Å²) in [6.07, 6.45) is 0.862. The molecule has 6 heteroatoms. The second-order valence-electron chi connectivity index (χ2n) is 4.84. The van der Waals surface area contributed by atoms with Crippen molar-refractivity contribution in [1.82, 2.24) is 5.32 Å². The van der Waals surface area contributed by atoms with Gasteiger partial charge < -0.3 is 15.2 Å². The number of rotatable bonds is 4. The Bertz CT molecular complexity index is 475. The number of carbonyl (C=O) groups is 1. The fourth-order valence-electron chi connectivity index (χ4n) is 2.17. The summed E-state index contributed by atoms with van der Waals surface area (Å²) < 4.78 is 5.27. The molecule has 2 unspecified atom stereocenters. The van der Waals surface area contributed by atoms with E-state index < -0.39 is 6.10 Å². The molecule has 1 heterocycles.